The number of hydrogen-bond donors (Lipinski definition) is 1. The van der Waals surface area contributed by atoms with Crippen LogP contribution in [0, 0.1) is 18.3 Å². The van der Waals surface area contributed by atoms with E-state index in [1.54, 1.807) is 20.3 Å². The van der Waals surface area contributed by atoms with Crippen molar-refractivity contribution in [1.82, 2.24) is 9.97 Å². The number of nitriles is 1. The number of rotatable bonds is 9. The number of aromatic nitrogens is 2. The Morgan fingerprint density at radius 3 is 2.32 bits per heavy atom. The van der Waals surface area contributed by atoms with Gasteiger partial charge in [0.15, 0.2) is 16.6 Å². The molecular weight excluding hydrogens is 553 g/mol. The highest BCUT2D eigenvalue weighted by molar-refractivity contribution is 8.00. The first-order valence-electron chi connectivity index (χ1n) is 12.7. The third-order valence-electron chi connectivity index (χ3n) is 6.30. The molecule has 0 saturated carbocycles. The summed E-state index contributed by atoms with van der Waals surface area (Å²) in [4.78, 5) is 22.3. The van der Waals surface area contributed by atoms with Crippen LogP contribution in [-0.2, 0) is 4.79 Å². The van der Waals surface area contributed by atoms with Gasteiger partial charge in [-0.15, -0.1) is 11.3 Å². The molecule has 5 rings (SSSR count). The van der Waals surface area contributed by atoms with Crippen LogP contribution in [0.2, 0.25) is 0 Å². The Morgan fingerprint density at radius 1 is 0.902 bits per heavy atom. The number of carbonyl (C=O) groups excluding carboxylic acids is 1. The molecule has 1 amide bonds. The summed E-state index contributed by atoms with van der Waals surface area (Å²) in [6, 6.07) is 27.6. The minimum atomic E-state index is -0.233. The molecule has 1 N–H and O–H groups in total. The number of thioether (sulfide) groups is 1. The number of nitrogens with zero attached hydrogens (tertiary/aromatic N) is 3. The number of thiazole rings is 1. The molecule has 0 saturated heterocycles. The van der Waals surface area contributed by atoms with Crippen LogP contribution in [0.25, 0.3) is 33.6 Å². The molecule has 7 nitrogen and oxygen atoms in total. The van der Waals surface area contributed by atoms with Gasteiger partial charge >= 0.3 is 0 Å². The van der Waals surface area contributed by atoms with E-state index < -0.39 is 0 Å². The van der Waals surface area contributed by atoms with Crippen molar-refractivity contribution in [3.63, 3.8) is 0 Å². The van der Waals surface area contributed by atoms with E-state index in [4.69, 9.17) is 14.5 Å². The van der Waals surface area contributed by atoms with Crippen LogP contribution in [0.5, 0.6) is 11.5 Å². The molecule has 0 atom stereocenters. The number of anilines is 1. The topological polar surface area (TPSA) is 97.1 Å². The largest absolute Gasteiger partial charge is 0.493 e. The van der Waals surface area contributed by atoms with Crippen molar-refractivity contribution in [2.45, 2.75) is 11.9 Å². The number of pyridine rings is 1. The Balaban J connectivity index is 1.45. The first kappa shape index (κ1) is 27.9. The molecule has 0 unspecified atom stereocenters. The van der Waals surface area contributed by atoms with Gasteiger partial charge in [0.1, 0.15) is 11.1 Å². The Hall–Kier alpha value is -4.65. The van der Waals surface area contributed by atoms with Gasteiger partial charge in [-0.1, -0.05) is 78.0 Å². The molecule has 41 heavy (non-hydrogen) atoms. The van der Waals surface area contributed by atoms with Crippen LogP contribution in [0.3, 0.4) is 0 Å². The summed E-state index contributed by atoms with van der Waals surface area (Å²) in [7, 11) is 3.15. The Labute approximate surface area is 246 Å². The van der Waals surface area contributed by atoms with Gasteiger partial charge in [-0.2, -0.15) is 5.26 Å². The molecule has 0 spiro atoms. The predicted molar refractivity (Wildman–Crippen MR) is 165 cm³/mol. The van der Waals surface area contributed by atoms with E-state index in [0.29, 0.717) is 38.5 Å². The van der Waals surface area contributed by atoms with E-state index >= 15 is 0 Å². The minimum absolute atomic E-state index is 0.0602. The van der Waals surface area contributed by atoms with Gasteiger partial charge < -0.3 is 14.8 Å². The van der Waals surface area contributed by atoms with Crippen molar-refractivity contribution in [2.24, 2.45) is 0 Å². The third-order valence-corrected chi connectivity index (χ3v) is 8.03. The van der Waals surface area contributed by atoms with Crippen LogP contribution < -0.4 is 14.8 Å². The van der Waals surface area contributed by atoms with E-state index in [0.717, 1.165) is 27.9 Å². The smallest absolute Gasteiger partial charge is 0.236 e. The Kier molecular flexibility index (Phi) is 8.63. The fourth-order valence-corrected chi connectivity index (χ4v) is 5.74. The lowest BCUT2D eigenvalue weighted by Gasteiger charge is -2.14. The van der Waals surface area contributed by atoms with Gasteiger partial charge in [0.2, 0.25) is 5.91 Å². The van der Waals surface area contributed by atoms with E-state index in [-0.39, 0.29) is 11.7 Å². The molecular formula is C32H26N4O3S2. The van der Waals surface area contributed by atoms with Crippen molar-refractivity contribution in [2.75, 3.05) is 25.3 Å². The molecule has 0 fully saturated rings. The van der Waals surface area contributed by atoms with Crippen molar-refractivity contribution in [3.05, 3.63) is 95.4 Å². The second-order valence-electron chi connectivity index (χ2n) is 9.02. The first-order valence-corrected chi connectivity index (χ1v) is 14.5. The maximum atomic E-state index is 12.9. The fraction of sp³-hybridized carbons (Fsp3) is 0.125. The van der Waals surface area contributed by atoms with Crippen LogP contribution >= 0.6 is 23.1 Å². The number of methoxy groups -OCH3 is 2. The molecule has 0 bridgehead atoms. The van der Waals surface area contributed by atoms with Gasteiger partial charge in [-0.25, -0.2) is 9.97 Å². The van der Waals surface area contributed by atoms with Crippen LogP contribution in [0.4, 0.5) is 5.13 Å². The molecule has 204 valence electrons. The molecule has 0 aliphatic rings. The molecule has 0 radical (unpaired) electrons. The van der Waals surface area contributed by atoms with E-state index in [1.807, 2.05) is 85.1 Å². The lowest BCUT2D eigenvalue weighted by Crippen LogP contribution is -2.14. The molecule has 3 aromatic carbocycles. The van der Waals surface area contributed by atoms with Gasteiger partial charge in [-0.05, 0) is 30.7 Å². The maximum Gasteiger partial charge on any atom is 0.236 e. The monoisotopic (exact) mass is 578 g/mol. The molecule has 5 aromatic rings. The van der Waals surface area contributed by atoms with Crippen LogP contribution in [0.15, 0.2) is 89.3 Å². The summed E-state index contributed by atoms with van der Waals surface area (Å²) in [6.07, 6.45) is 0. The molecule has 2 aromatic heterocycles. The van der Waals surface area contributed by atoms with Crippen molar-refractivity contribution < 1.29 is 14.3 Å². The highest BCUT2D eigenvalue weighted by Crippen LogP contribution is 2.38. The summed E-state index contributed by atoms with van der Waals surface area (Å²) in [5, 5.41) is 16.0. The second kappa shape index (κ2) is 12.7. The summed E-state index contributed by atoms with van der Waals surface area (Å²) in [6.45, 7) is 2.02. The van der Waals surface area contributed by atoms with Crippen molar-refractivity contribution in [3.8, 4) is 51.2 Å². The lowest BCUT2D eigenvalue weighted by atomic mass is 9.98. The van der Waals surface area contributed by atoms with Crippen LogP contribution in [0.1, 0.15) is 11.1 Å². The second-order valence-corrected chi connectivity index (χ2v) is 10.8. The van der Waals surface area contributed by atoms with E-state index in [9.17, 15) is 10.1 Å². The number of nitrogens with one attached hydrogen (secondary N) is 1. The lowest BCUT2D eigenvalue weighted by molar-refractivity contribution is -0.113. The fourth-order valence-electron chi connectivity index (χ4n) is 4.20. The minimum Gasteiger partial charge on any atom is -0.493 e. The third kappa shape index (κ3) is 6.40. The van der Waals surface area contributed by atoms with Gasteiger partial charge in [0, 0.05) is 22.1 Å². The normalized spacial score (nSPS) is 10.6. The Bertz CT molecular complexity index is 1730. The highest BCUT2D eigenvalue weighted by Gasteiger charge is 2.19. The number of aryl methyl sites for hydroxylation is 1. The van der Waals surface area contributed by atoms with Gasteiger partial charge in [0.05, 0.1) is 36.9 Å². The summed E-state index contributed by atoms with van der Waals surface area (Å²) >= 11 is 2.58. The number of hydrogen-bond acceptors (Lipinski definition) is 8. The number of ether oxygens (including phenoxy) is 2. The zero-order valence-electron chi connectivity index (χ0n) is 22.7. The average Bonchev–Trinajstić information content (AvgIpc) is 3.48. The van der Waals surface area contributed by atoms with E-state index in [2.05, 4.69) is 16.4 Å². The quantitative estimate of drug-likeness (QED) is 0.181. The van der Waals surface area contributed by atoms with Gasteiger partial charge in [0.25, 0.3) is 0 Å². The Morgan fingerprint density at radius 2 is 1.61 bits per heavy atom. The van der Waals surface area contributed by atoms with Gasteiger partial charge in [-0.3, -0.25) is 4.79 Å². The van der Waals surface area contributed by atoms with Crippen molar-refractivity contribution in [1.29, 1.82) is 5.26 Å². The van der Waals surface area contributed by atoms with Crippen molar-refractivity contribution >= 4 is 34.1 Å². The SMILES string of the molecule is COc1ccc(-c2cc(-c3ccc(C)cc3)nc(SCC(=O)Nc3nc(-c4ccccc4)cs3)c2C#N)cc1OC. The molecule has 2 heterocycles. The predicted octanol–water partition coefficient (Wildman–Crippen LogP) is 7.47. The highest BCUT2D eigenvalue weighted by atomic mass is 32.2. The summed E-state index contributed by atoms with van der Waals surface area (Å²) in [5.74, 6) is 0.967. The molecule has 0 aliphatic heterocycles. The molecule has 0 aliphatic carbocycles. The number of amides is 1. The zero-order chi connectivity index (χ0) is 28.8. The number of benzene rings is 3. The summed E-state index contributed by atoms with van der Waals surface area (Å²) < 4.78 is 10.9. The molecule has 9 heteroatoms. The first-order chi connectivity index (χ1) is 20.0. The summed E-state index contributed by atoms with van der Waals surface area (Å²) in [5.41, 5.74) is 6.37. The standard InChI is InChI=1S/C32H26N4O3S2/c1-20-9-11-22(12-10-20)26-16-24(23-13-14-28(38-2)29(15-23)39-3)25(17-33)31(34-26)40-19-30(37)36-32-35-27(18-41-32)21-7-5-4-6-8-21/h4-16,18H,19H2,1-3H3,(H,35,36,37). The number of carbonyl (C=O) groups is 1. The van der Waals surface area contributed by atoms with Crippen LogP contribution in [-0.4, -0.2) is 35.8 Å². The zero-order valence-corrected chi connectivity index (χ0v) is 24.3. The average molecular weight is 579 g/mol. The maximum absolute atomic E-state index is 12.9. The van der Waals surface area contributed by atoms with E-state index in [1.165, 1.54) is 23.1 Å².